The van der Waals surface area contributed by atoms with Crippen molar-refractivity contribution < 1.29 is 42.2 Å². The molecule has 0 aliphatic carbocycles. The Morgan fingerprint density at radius 2 is 1.56 bits per heavy atom. The quantitative estimate of drug-likeness (QED) is 0.125. The SMILES string of the molecule is O=C(CCCNc1ccccn1)N[C@H](CCO)C(=O)NC(CC(=O)OC(=O)C(F)(F)F)c1ccc(-c2ccccc2)cc1. The number of pyridine rings is 1. The Balaban J connectivity index is 1.68. The third-order valence-electron chi connectivity index (χ3n) is 6.17. The van der Waals surface area contributed by atoms with Crippen LogP contribution in [0.4, 0.5) is 19.0 Å². The van der Waals surface area contributed by atoms with Crippen molar-refractivity contribution in [3.05, 3.63) is 84.6 Å². The van der Waals surface area contributed by atoms with E-state index in [1.807, 2.05) is 30.3 Å². The predicted octanol–water partition coefficient (Wildman–Crippen LogP) is 3.69. The van der Waals surface area contributed by atoms with E-state index in [2.05, 4.69) is 25.7 Å². The first-order chi connectivity index (χ1) is 20.6. The highest BCUT2D eigenvalue weighted by molar-refractivity contribution is 5.90. The summed E-state index contributed by atoms with van der Waals surface area (Å²) in [5.74, 6) is -4.82. The summed E-state index contributed by atoms with van der Waals surface area (Å²) in [7, 11) is 0. The average Bonchev–Trinajstić information content (AvgIpc) is 2.99. The van der Waals surface area contributed by atoms with Gasteiger partial charge in [0.2, 0.25) is 11.8 Å². The first-order valence-corrected chi connectivity index (χ1v) is 13.4. The van der Waals surface area contributed by atoms with Crippen molar-refractivity contribution in [3.8, 4) is 11.1 Å². The van der Waals surface area contributed by atoms with Crippen LogP contribution in [0.2, 0.25) is 0 Å². The second-order valence-corrected chi connectivity index (χ2v) is 9.39. The minimum absolute atomic E-state index is 0.0469. The van der Waals surface area contributed by atoms with Gasteiger partial charge >= 0.3 is 18.1 Å². The fourth-order valence-electron chi connectivity index (χ4n) is 4.03. The molecule has 2 aromatic carbocycles. The van der Waals surface area contributed by atoms with E-state index >= 15 is 0 Å². The second kappa shape index (κ2) is 16.0. The lowest BCUT2D eigenvalue weighted by molar-refractivity contribution is -0.202. The summed E-state index contributed by atoms with van der Waals surface area (Å²) in [5, 5.41) is 17.6. The minimum Gasteiger partial charge on any atom is -0.396 e. The van der Waals surface area contributed by atoms with Gasteiger partial charge in [0.1, 0.15) is 11.9 Å². The van der Waals surface area contributed by atoms with Gasteiger partial charge in [-0.3, -0.25) is 14.4 Å². The molecule has 0 aliphatic rings. The Labute approximate surface area is 245 Å². The highest BCUT2D eigenvalue weighted by Gasteiger charge is 2.42. The molecule has 2 atom stereocenters. The number of nitrogens with one attached hydrogen (secondary N) is 3. The number of aliphatic hydroxyl groups is 1. The number of nitrogens with zero attached hydrogens (tertiary/aromatic N) is 1. The predicted molar refractivity (Wildman–Crippen MR) is 150 cm³/mol. The molecule has 0 fully saturated rings. The molecule has 0 spiro atoms. The maximum atomic E-state index is 13.2. The third kappa shape index (κ3) is 10.9. The third-order valence-corrected chi connectivity index (χ3v) is 6.17. The minimum atomic E-state index is -5.38. The molecule has 0 bridgehead atoms. The number of aromatic nitrogens is 1. The number of carbonyl (C=O) groups excluding carboxylic acids is 4. The maximum Gasteiger partial charge on any atom is 0.491 e. The van der Waals surface area contributed by atoms with Crippen LogP contribution in [0.3, 0.4) is 0 Å². The Hall–Kier alpha value is -4.78. The topological polar surface area (TPSA) is 147 Å². The number of alkyl halides is 3. The average molecular weight is 601 g/mol. The molecular weight excluding hydrogens is 569 g/mol. The van der Waals surface area contributed by atoms with Gasteiger partial charge in [-0.05, 0) is 41.7 Å². The molecule has 1 unspecified atom stereocenters. The number of aliphatic hydroxyl groups excluding tert-OH is 1. The second-order valence-electron chi connectivity index (χ2n) is 9.39. The molecule has 0 aliphatic heterocycles. The summed E-state index contributed by atoms with van der Waals surface area (Å²) in [4.78, 5) is 53.2. The fraction of sp³-hybridized carbons (Fsp3) is 0.300. The monoisotopic (exact) mass is 600 g/mol. The van der Waals surface area contributed by atoms with E-state index in [1.165, 1.54) is 0 Å². The number of hydrogen-bond acceptors (Lipinski definition) is 8. The Morgan fingerprint density at radius 3 is 2.19 bits per heavy atom. The number of hydrogen-bond donors (Lipinski definition) is 4. The van der Waals surface area contributed by atoms with E-state index in [0.717, 1.165) is 11.1 Å². The summed E-state index contributed by atoms with van der Waals surface area (Å²) >= 11 is 0. The van der Waals surface area contributed by atoms with Gasteiger partial charge in [-0.1, -0.05) is 60.7 Å². The lowest BCUT2D eigenvalue weighted by Gasteiger charge is -2.23. The molecule has 0 radical (unpaired) electrons. The molecule has 3 aromatic rings. The van der Waals surface area contributed by atoms with Crippen molar-refractivity contribution in [3.63, 3.8) is 0 Å². The number of benzene rings is 2. The van der Waals surface area contributed by atoms with E-state index in [1.54, 1.807) is 48.7 Å². The molecule has 0 saturated carbocycles. The van der Waals surface area contributed by atoms with Gasteiger partial charge in [0.25, 0.3) is 0 Å². The molecule has 228 valence electrons. The Morgan fingerprint density at radius 1 is 0.884 bits per heavy atom. The molecule has 4 N–H and O–H groups in total. The zero-order chi connectivity index (χ0) is 31.2. The van der Waals surface area contributed by atoms with Crippen LogP contribution in [-0.4, -0.2) is 59.2 Å². The van der Waals surface area contributed by atoms with Crippen molar-refractivity contribution in [2.45, 2.75) is 43.9 Å². The van der Waals surface area contributed by atoms with E-state index in [4.69, 9.17) is 0 Å². The number of esters is 2. The van der Waals surface area contributed by atoms with Gasteiger partial charge in [0, 0.05) is 25.8 Å². The van der Waals surface area contributed by atoms with Gasteiger partial charge in [-0.15, -0.1) is 0 Å². The first kappa shape index (κ1) is 32.7. The molecule has 3 rings (SSSR count). The molecule has 13 heteroatoms. The van der Waals surface area contributed by atoms with Crippen LogP contribution in [0.25, 0.3) is 11.1 Å². The van der Waals surface area contributed by atoms with Crippen LogP contribution in [-0.2, 0) is 23.9 Å². The molecular formula is C30H31F3N4O6. The summed E-state index contributed by atoms with van der Waals surface area (Å²) in [6.45, 7) is -0.0285. The van der Waals surface area contributed by atoms with Crippen LogP contribution in [0.1, 0.15) is 37.3 Å². The summed E-state index contributed by atoms with van der Waals surface area (Å²) in [6, 6.07) is 18.7. The smallest absolute Gasteiger partial charge is 0.396 e. The maximum absolute atomic E-state index is 13.2. The van der Waals surface area contributed by atoms with Crippen molar-refractivity contribution in [2.24, 2.45) is 0 Å². The largest absolute Gasteiger partial charge is 0.491 e. The molecule has 1 aromatic heterocycles. The van der Waals surface area contributed by atoms with Crippen LogP contribution in [0.5, 0.6) is 0 Å². The van der Waals surface area contributed by atoms with Gasteiger partial charge in [-0.2, -0.15) is 13.2 Å². The summed E-state index contributed by atoms with van der Waals surface area (Å²) in [5.41, 5.74) is 2.01. The standard InChI is InChI=1S/C30H31F3N4O6/c31-30(32,33)29(42)43-27(40)19-24(22-13-11-21(12-14-22)20-7-2-1-3-8-20)37-28(41)23(15-18-38)36-26(39)10-6-17-35-25-9-4-5-16-34-25/h1-5,7-9,11-14,16,23-24,38H,6,10,15,17-19H2,(H,34,35)(H,36,39)(H,37,41)/t23-,24?/m1/s1. The van der Waals surface area contributed by atoms with E-state index in [-0.39, 0.29) is 12.8 Å². The van der Waals surface area contributed by atoms with Crippen molar-refractivity contribution in [1.82, 2.24) is 15.6 Å². The van der Waals surface area contributed by atoms with Crippen molar-refractivity contribution >= 4 is 29.6 Å². The molecule has 2 amide bonds. The fourth-order valence-corrected chi connectivity index (χ4v) is 4.03. The number of rotatable bonds is 14. The highest BCUT2D eigenvalue weighted by Crippen LogP contribution is 2.25. The van der Waals surface area contributed by atoms with Crippen LogP contribution >= 0.6 is 0 Å². The van der Waals surface area contributed by atoms with Crippen LogP contribution in [0, 0.1) is 0 Å². The number of amides is 2. The Kier molecular flexibility index (Phi) is 12.2. The number of ether oxygens (including phenoxy) is 1. The van der Waals surface area contributed by atoms with Gasteiger partial charge in [0.05, 0.1) is 12.5 Å². The van der Waals surface area contributed by atoms with Gasteiger partial charge in [-0.25, -0.2) is 9.78 Å². The lowest BCUT2D eigenvalue weighted by Crippen LogP contribution is -2.48. The van der Waals surface area contributed by atoms with Crippen molar-refractivity contribution in [2.75, 3.05) is 18.5 Å². The zero-order valence-corrected chi connectivity index (χ0v) is 23.0. The number of halogens is 3. The van der Waals surface area contributed by atoms with Gasteiger partial charge < -0.3 is 25.8 Å². The molecule has 10 nitrogen and oxygen atoms in total. The lowest BCUT2D eigenvalue weighted by atomic mass is 9.98. The zero-order valence-electron chi connectivity index (χ0n) is 23.0. The Bertz CT molecular complexity index is 1360. The number of carbonyl (C=O) groups is 4. The molecule has 1 heterocycles. The van der Waals surface area contributed by atoms with Gasteiger partial charge in [0.15, 0.2) is 0 Å². The van der Waals surface area contributed by atoms with E-state index < -0.39 is 55.0 Å². The highest BCUT2D eigenvalue weighted by atomic mass is 19.4. The number of anilines is 1. The normalized spacial score (nSPS) is 12.5. The van der Waals surface area contributed by atoms with E-state index in [0.29, 0.717) is 24.3 Å². The summed E-state index contributed by atoms with van der Waals surface area (Å²) < 4.78 is 41.8. The van der Waals surface area contributed by atoms with Crippen LogP contribution in [0.15, 0.2) is 79.0 Å². The van der Waals surface area contributed by atoms with Crippen LogP contribution < -0.4 is 16.0 Å². The van der Waals surface area contributed by atoms with E-state index in [9.17, 15) is 37.5 Å². The first-order valence-electron chi connectivity index (χ1n) is 13.4. The molecule has 0 saturated heterocycles. The molecule has 43 heavy (non-hydrogen) atoms. The summed E-state index contributed by atoms with van der Waals surface area (Å²) in [6.07, 6.45) is -4.28. The van der Waals surface area contributed by atoms with Crippen molar-refractivity contribution in [1.29, 1.82) is 0 Å².